The minimum absolute atomic E-state index is 0.198. The fourth-order valence-electron chi connectivity index (χ4n) is 2.84. The Bertz CT molecular complexity index is 755. The standard InChI is InChI=1S/C20H22N2O3/c1-25-17-10-6-5-7-15(17)11-14-21-18(23)20(12-13-20)19(24)22-16-8-3-2-4-9-16/h2-10H,11-14H2,1H3,(H,21,23)(H,22,24). The zero-order valence-electron chi connectivity index (χ0n) is 14.2. The highest BCUT2D eigenvalue weighted by molar-refractivity contribution is 6.13. The van der Waals surface area contributed by atoms with Gasteiger partial charge in [-0.1, -0.05) is 36.4 Å². The molecule has 0 heterocycles. The van der Waals surface area contributed by atoms with Crippen LogP contribution in [0.5, 0.6) is 5.75 Å². The number of methoxy groups -OCH3 is 1. The Morgan fingerprint density at radius 2 is 1.68 bits per heavy atom. The smallest absolute Gasteiger partial charge is 0.240 e. The number of hydrogen-bond donors (Lipinski definition) is 2. The Morgan fingerprint density at radius 1 is 1.00 bits per heavy atom. The van der Waals surface area contributed by atoms with Gasteiger partial charge in [0, 0.05) is 12.2 Å². The maximum Gasteiger partial charge on any atom is 0.240 e. The molecule has 1 aliphatic rings. The van der Waals surface area contributed by atoms with Gasteiger partial charge in [-0.2, -0.15) is 0 Å². The predicted molar refractivity (Wildman–Crippen MR) is 96.4 cm³/mol. The number of nitrogens with one attached hydrogen (secondary N) is 2. The molecule has 5 nitrogen and oxygen atoms in total. The molecule has 0 aliphatic heterocycles. The molecule has 1 saturated carbocycles. The second-order valence-electron chi connectivity index (χ2n) is 6.22. The van der Waals surface area contributed by atoms with Gasteiger partial charge in [0.1, 0.15) is 11.2 Å². The highest BCUT2D eigenvalue weighted by Gasteiger charge is 2.56. The Balaban J connectivity index is 1.55. The number of carbonyl (C=O) groups excluding carboxylic acids is 2. The lowest BCUT2D eigenvalue weighted by atomic mass is 10.0. The summed E-state index contributed by atoms with van der Waals surface area (Å²) in [6.45, 7) is 0.472. The normalized spacial score (nSPS) is 14.4. The number of anilines is 1. The summed E-state index contributed by atoms with van der Waals surface area (Å²) >= 11 is 0. The number of carbonyl (C=O) groups is 2. The Kier molecular flexibility index (Phi) is 5.03. The summed E-state index contributed by atoms with van der Waals surface area (Å²) in [6, 6.07) is 16.9. The van der Waals surface area contributed by atoms with Gasteiger partial charge in [-0.15, -0.1) is 0 Å². The van der Waals surface area contributed by atoms with Crippen LogP contribution in [0.15, 0.2) is 54.6 Å². The van der Waals surface area contributed by atoms with Crippen molar-refractivity contribution in [3.05, 3.63) is 60.2 Å². The van der Waals surface area contributed by atoms with Crippen molar-refractivity contribution in [3.63, 3.8) is 0 Å². The van der Waals surface area contributed by atoms with Gasteiger partial charge >= 0.3 is 0 Å². The van der Waals surface area contributed by atoms with E-state index in [0.717, 1.165) is 11.3 Å². The van der Waals surface area contributed by atoms with Gasteiger partial charge in [-0.25, -0.2) is 0 Å². The van der Waals surface area contributed by atoms with Crippen molar-refractivity contribution in [1.82, 2.24) is 5.32 Å². The molecule has 0 saturated heterocycles. The molecule has 2 N–H and O–H groups in total. The highest BCUT2D eigenvalue weighted by Crippen LogP contribution is 2.46. The summed E-state index contributed by atoms with van der Waals surface area (Å²) in [5, 5.41) is 5.73. The molecule has 0 atom stereocenters. The van der Waals surface area contributed by atoms with E-state index >= 15 is 0 Å². The highest BCUT2D eigenvalue weighted by atomic mass is 16.5. The molecular weight excluding hydrogens is 316 g/mol. The fraction of sp³-hybridized carbons (Fsp3) is 0.300. The van der Waals surface area contributed by atoms with E-state index in [0.29, 0.717) is 31.5 Å². The van der Waals surface area contributed by atoms with E-state index in [1.54, 1.807) is 7.11 Å². The van der Waals surface area contributed by atoms with Crippen LogP contribution < -0.4 is 15.4 Å². The topological polar surface area (TPSA) is 67.4 Å². The Labute approximate surface area is 147 Å². The third kappa shape index (κ3) is 3.82. The van der Waals surface area contributed by atoms with Crippen LogP contribution in [-0.2, 0) is 16.0 Å². The van der Waals surface area contributed by atoms with E-state index in [9.17, 15) is 9.59 Å². The molecule has 2 amide bonds. The van der Waals surface area contributed by atoms with E-state index in [1.165, 1.54) is 0 Å². The first-order valence-electron chi connectivity index (χ1n) is 8.42. The third-order valence-electron chi connectivity index (χ3n) is 4.52. The third-order valence-corrected chi connectivity index (χ3v) is 4.52. The minimum Gasteiger partial charge on any atom is -0.496 e. The molecule has 1 aliphatic carbocycles. The summed E-state index contributed by atoms with van der Waals surface area (Å²) < 4.78 is 5.31. The molecule has 25 heavy (non-hydrogen) atoms. The number of hydrogen-bond acceptors (Lipinski definition) is 3. The van der Waals surface area contributed by atoms with Crippen molar-refractivity contribution >= 4 is 17.5 Å². The van der Waals surface area contributed by atoms with Crippen LogP contribution in [0.25, 0.3) is 0 Å². The quantitative estimate of drug-likeness (QED) is 0.763. The number of ether oxygens (including phenoxy) is 1. The predicted octanol–water partition coefficient (Wildman–Crippen LogP) is 2.77. The van der Waals surface area contributed by atoms with Crippen LogP contribution in [0, 0.1) is 5.41 Å². The van der Waals surface area contributed by atoms with Crippen molar-refractivity contribution < 1.29 is 14.3 Å². The second-order valence-corrected chi connectivity index (χ2v) is 6.22. The molecule has 3 rings (SSSR count). The SMILES string of the molecule is COc1ccccc1CCNC(=O)C1(C(=O)Nc2ccccc2)CC1. The second kappa shape index (κ2) is 7.38. The van der Waals surface area contributed by atoms with Crippen molar-refractivity contribution in [1.29, 1.82) is 0 Å². The number of amides is 2. The maximum absolute atomic E-state index is 12.5. The monoisotopic (exact) mass is 338 g/mol. The molecule has 0 radical (unpaired) electrons. The first kappa shape index (κ1) is 17.0. The summed E-state index contributed by atoms with van der Waals surface area (Å²) in [5.41, 5.74) is 0.820. The van der Waals surface area contributed by atoms with Gasteiger partial charge in [0.2, 0.25) is 11.8 Å². The molecule has 0 bridgehead atoms. The summed E-state index contributed by atoms with van der Waals surface area (Å²) in [6.07, 6.45) is 1.84. The van der Waals surface area contributed by atoms with Gasteiger partial charge in [0.15, 0.2) is 0 Å². The molecule has 130 valence electrons. The Morgan fingerprint density at radius 3 is 2.36 bits per heavy atom. The van der Waals surface area contributed by atoms with E-state index in [1.807, 2.05) is 54.6 Å². The largest absolute Gasteiger partial charge is 0.496 e. The lowest BCUT2D eigenvalue weighted by Gasteiger charge is -2.16. The molecule has 5 heteroatoms. The van der Waals surface area contributed by atoms with Crippen LogP contribution in [-0.4, -0.2) is 25.5 Å². The molecule has 0 spiro atoms. The summed E-state index contributed by atoms with van der Waals surface area (Å²) in [4.78, 5) is 25.0. The van der Waals surface area contributed by atoms with E-state index in [4.69, 9.17) is 4.74 Å². The van der Waals surface area contributed by atoms with E-state index < -0.39 is 5.41 Å². The van der Waals surface area contributed by atoms with Gasteiger partial charge < -0.3 is 15.4 Å². The van der Waals surface area contributed by atoms with Crippen LogP contribution in [0.1, 0.15) is 18.4 Å². The molecule has 0 unspecified atom stereocenters. The molecule has 2 aromatic carbocycles. The average Bonchev–Trinajstić information content (AvgIpc) is 3.45. The minimum atomic E-state index is -0.920. The van der Waals surface area contributed by atoms with Crippen molar-refractivity contribution in [3.8, 4) is 5.75 Å². The maximum atomic E-state index is 12.5. The first-order chi connectivity index (χ1) is 12.2. The first-order valence-corrected chi connectivity index (χ1v) is 8.42. The van der Waals surface area contributed by atoms with Gasteiger partial charge in [-0.05, 0) is 43.0 Å². The van der Waals surface area contributed by atoms with Gasteiger partial charge in [0.05, 0.1) is 7.11 Å². The van der Waals surface area contributed by atoms with Crippen molar-refractivity contribution in [2.45, 2.75) is 19.3 Å². The van der Waals surface area contributed by atoms with Crippen molar-refractivity contribution in [2.75, 3.05) is 19.0 Å². The summed E-state index contributed by atoms with van der Waals surface area (Å²) in [7, 11) is 1.63. The van der Waals surface area contributed by atoms with Gasteiger partial charge in [-0.3, -0.25) is 9.59 Å². The van der Waals surface area contributed by atoms with Crippen LogP contribution in [0.2, 0.25) is 0 Å². The number of para-hydroxylation sites is 2. The molecular formula is C20H22N2O3. The van der Waals surface area contributed by atoms with Gasteiger partial charge in [0.25, 0.3) is 0 Å². The van der Waals surface area contributed by atoms with E-state index in [2.05, 4.69) is 10.6 Å². The molecule has 2 aromatic rings. The van der Waals surface area contributed by atoms with Crippen LogP contribution in [0.3, 0.4) is 0 Å². The molecule has 0 aromatic heterocycles. The number of benzene rings is 2. The van der Waals surface area contributed by atoms with Crippen LogP contribution >= 0.6 is 0 Å². The van der Waals surface area contributed by atoms with Crippen LogP contribution in [0.4, 0.5) is 5.69 Å². The Hall–Kier alpha value is -2.82. The lowest BCUT2D eigenvalue weighted by Crippen LogP contribution is -2.40. The lowest BCUT2D eigenvalue weighted by molar-refractivity contribution is -0.134. The fourth-order valence-corrected chi connectivity index (χ4v) is 2.84. The van der Waals surface area contributed by atoms with Crippen molar-refractivity contribution in [2.24, 2.45) is 5.41 Å². The average molecular weight is 338 g/mol. The zero-order chi connectivity index (χ0) is 17.7. The van der Waals surface area contributed by atoms with E-state index in [-0.39, 0.29) is 11.8 Å². The zero-order valence-corrected chi connectivity index (χ0v) is 14.2. The number of rotatable bonds is 7. The molecule has 1 fully saturated rings. The summed E-state index contributed by atoms with van der Waals surface area (Å²) in [5.74, 6) is 0.379.